The second kappa shape index (κ2) is 6.02. The molecule has 1 aromatic carbocycles. The fourth-order valence-electron chi connectivity index (χ4n) is 4.78. The molecule has 2 saturated carbocycles. The molecular formula is C19H25N3O3. The molecule has 1 aromatic heterocycles. The molecule has 2 fully saturated rings. The first-order valence-electron chi connectivity index (χ1n) is 8.93. The molecule has 25 heavy (non-hydrogen) atoms. The van der Waals surface area contributed by atoms with Crippen molar-refractivity contribution in [3.63, 3.8) is 0 Å². The molecule has 0 saturated heterocycles. The third-order valence-corrected chi connectivity index (χ3v) is 6.11. The summed E-state index contributed by atoms with van der Waals surface area (Å²) in [6.07, 6.45) is 4.03. The molecule has 2 aliphatic rings. The maximum absolute atomic E-state index is 11.7. The minimum absolute atomic E-state index is 0.103. The Kier molecular flexibility index (Phi) is 3.95. The molecule has 134 valence electrons. The first kappa shape index (κ1) is 16.4. The van der Waals surface area contributed by atoms with Gasteiger partial charge in [-0.2, -0.15) is 0 Å². The van der Waals surface area contributed by atoms with E-state index in [1.807, 2.05) is 13.1 Å². The van der Waals surface area contributed by atoms with Crippen LogP contribution in [0.5, 0.6) is 0 Å². The number of hydrogen-bond acceptors (Lipinski definition) is 5. The lowest BCUT2D eigenvalue weighted by atomic mass is 10.0. The predicted molar refractivity (Wildman–Crippen MR) is 95.7 cm³/mol. The summed E-state index contributed by atoms with van der Waals surface area (Å²) in [5.41, 5.74) is 2.33. The number of ether oxygens (including phenoxy) is 1. The number of rotatable bonds is 3. The molecule has 0 spiro atoms. The van der Waals surface area contributed by atoms with E-state index in [4.69, 9.17) is 9.72 Å². The normalized spacial score (nSPS) is 28.3. The number of aromatic nitrogens is 2. The molecule has 2 aromatic rings. The van der Waals surface area contributed by atoms with E-state index in [1.165, 1.54) is 7.11 Å². The first-order chi connectivity index (χ1) is 12.0. The second-order valence-corrected chi connectivity index (χ2v) is 7.55. The van der Waals surface area contributed by atoms with Crippen LogP contribution in [-0.2, 0) is 11.8 Å². The number of fused-ring (bicyclic) bond motifs is 2. The van der Waals surface area contributed by atoms with Gasteiger partial charge in [-0.15, -0.1) is 0 Å². The van der Waals surface area contributed by atoms with Gasteiger partial charge in [0.2, 0.25) is 5.95 Å². The van der Waals surface area contributed by atoms with Crippen molar-refractivity contribution >= 4 is 23.0 Å². The lowest BCUT2D eigenvalue weighted by molar-refractivity contribution is 0.0601. The molecule has 2 aliphatic carbocycles. The van der Waals surface area contributed by atoms with Crippen molar-refractivity contribution in [1.29, 1.82) is 0 Å². The lowest BCUT2D eigenvalue weighted by Crippen LogP contribution is -2.32. The van der Waals surface area contributed by atoms with E-state index in [-0.39, 0.29) is 12.1 Å². The second-order valence-electron chi connectivity index (χ2n) is 7.55. The minimum atomic E-state index is -0.343. The summed E-state index contributed by atoms with van der Waals surface area (Å²) < 4.78 is 6.88. The standard InChI is InChI=1S/C19H25N3O3/c1-21(14-6-12-8-15(23)9-13(12)7-14)19-20-16-10-11(18(24)25-3)4-5-17(16)22(19)2/h4-5,10,12-15,23H,6-9H2,1-3H3/t12-,13+,14?,15?. The summed E-state index contributed by atoms with van der Waals surface area (Å²) in [6, 6.07) is 5.95. The van der Waals surface area contributed by atoms with Crippen molar-refractivity contribution in [2.24, 2.45) is 18.9 Å². The maximum Gasteiger partial charge on any atom is 0.337 e. The molecule has 1 N–H and O–H groups in total. The molecule has 2 unspecified atom stereocenters. The van der Waals surface area contributed by atoms with E-state index < -0.39 is 0 Å². The van der Waals surface area contributed by atoms with Crippen LogP contribution in [0.25, 0.3) is 11.0 Å². The molecule has 6 heteroatoms. The number of hydrogen-bond donors (Lipinski definition) is 1. The summed E-state index contributed by atoms with van der Waals surface area (Å²) in [6.45, 7) is 0. The number of aliphatic hydroxyl groups excluding tert-OH is 1. The van der Waals surface area contributed by atoms with Crippen LogP contribution in [-0.4, -0.2) is 46.9 Å². The topological polar surface area (TPSA) is 67.6 Å². The van der Waals surface area contributed by atoms with E-state index in [0.717, 1.165) is 42.7 Å². The van der Waals surface area contributed by atoms with Gasteiger partial charge in [-0.05, 0) is 55.7 Å². The first-order valence-corrected chi connectivity index (χ1v) is 8.93. The highest BCUT2D eigenvalue weighted by atomic mass is 16.5. The zero-order valence-electron chi connectivity index (χ0n) is 15.0. The average Bonchev–Trinajstić information content (AvgIpc) is 3.24. The van der Waals surface area contributed by atoms with Crippen molar-refractivity contribution in [3.8, 4) is 0 Å². The number of aliphatic hydroxyl groups is 1. The van der Waals surface area contributed by atoms with Crippen LogP contribution in [0.2, 0.25) is 0 Å². The van der Waals surface area contributed by atoms with Gasteiger partial charge in [-0.1, -0.05) is 0 Å². The summed E-state index contributed by atoms with van der Waals surface area (Å²) in [4.78, 5) is 18.8. The SMILES string of the molecule is COC(=O)c1ccc2c(c1)nc(N(C)C1C[C@H]3CC(O)C[C@H]3C1)n2C. The van der Waals surface area contributed by atoms with Crippen LogP contribution in [0.15, 0.2) is 18.2 Å². The number of anilines is 1. The van der Waals surface area contributed by atoms with Gasteiger partial charge >= 0.3 is 5.97 Å². The number of nitrogens with zero attached hydrogens (tertiary/aromatic N) is 3. The molecule has 4 rings (SSSR count). The Morgan fingerprint density at radius 1 is 1.28 bits per heavy atom. The smallest absolute Gasteiger partial charge is 0.337 e. The van der Waals surface area contributed by atoms with Crippen molar-refractivity contribution < 1.29 is 14.6 Å². The number of carbonyl (C=O) groups is 1. The summed E-state index contributed by atoms with van der Waals surface area (Å²) in [7, 11) is 5.50. The van der Waals surface area contributed by atoms with Crippen molar-refractivity contribution in [2.75, 3.05) is 19.1 Å². The zero-order chi connectivity index (χ0) is 17.7. The largest absolute Gasteiger partial charge is 0.465 e. The highest BCUT2D eigenvalue weighted by Crippen LogP contribution is 2.46. The van der Waals surface area contributed by atoms with Gasteiger partial charge in [-0.25, -0.2) is 9.78 Å². The Morgan fingerprint density at radius 3 is 2.60 bits per heavy atom. The van der Waals surface area contributed by atoms with E-state index in [2.05, 4.69) is 16.5 Å². The fraction of sp³-hybridized carbons (Fsp3) is 0.579. The van der Waals surface area contributed by atoms with Gasteiger partial charge in [0.15, 0.2) is 0 Å². The van der Waals surface area contributed by atoms with Crippen LogP contribution in [0.3, 0.4) is 0 Å². The molecular weight excluding hydrogens is 318 g/mol. The van der Waals surface area contributed by atoms with Gasteiger partial charge in [0, 0.05) is 20.1 Å². The van der Waals surface area contributed by atoms with Crippen LogP contribution >= 0.6 is 0 Å². The van der Waals surface area contributed by atoms with Crippen LogP contribution in [0, 0.1) is 11.8 Å². The molecule has 4 atom stereocenters. The zero-order valence-corrected chi connectivity index (χ0v) is 15.0. The monoisotopic (exact) mass is 343 g/mol. The van der Waals surface area contributed by atoms with Crippen LogP contribution < -0.4 is 4.90 Å². The number of imidazole rings is 1. The number of benzene rings is 1. The average molecular weight is 343 g/mol. The van der Waals surface area contributed by atoms with Crippen molar-refractivity contribution in [2.45, 2.75) is 37.8 Å². The quantitative estimate of drug-likeness (QED) is 0.867. The molecule has 0 bridgehead atoms. The molecule has 0 radical (unpaired) electrons. The lowest BCUT2D eigenvalue weighted by Gasteiger charge is -2.26. The van der Waals surface area contributed by atoms with E-state index in [9.17, 15) is 9.90 Å². The number of carbonyl (C=O) groups excluding carboxylic acids is 1. The third-order valence-electron chi connectivity index (χ3n) is 6.11. The Labute approximate surface area is 147 Å². The molecule has 6 nitrogen and oxygen atoms in total. The summed E-state index contributed by atoms with van der Waals surface area (Å²) in [5, 5.41) is 9.84. The number of esters is 1. The summed E-state index contributed by atoms with van der Waals surface area (Å²) >= 11 is 0. The van der Waals surface area contributed by atoms with E-state index in [0.29, 0.717) is 23.4 Å². The summed E-state index contributed by atoms with van der Waals surface area (Å²) in [5.74, 6) is 1.86. The Balaban J connectivity index is 1.60. The van der Waals surface area contributed by atoms with Gasteiger partial charge < -0.3 is 19.3 Å². The predicted octanol–water partition coefficient (Wildman–Crippen LogP) is 2.35. The fourth-order valence-corrected chi connectivity index (χ4v) is 4.78. The van der Waals surface area contributed by atoms with Crippen molar-refractivity contribution in [3.05, 3.63) is 23.8 Å². The van der Waals surface area contributed by atoms with Gasteiger partial charge in [0.25, 0.3) is 0 Å². The van der Waals surface area contributed by atoms with Crippen LogP contribution in [0.4, 0.5) is 5.95 Å². The van der Waals surface area contributed by atoms with Crippen molar-refractivity contribution in [1.82, 2.24) is 9.55 Å². The molecule has 0 amide bonds. The van der Waals surface area contributed by atoms with E-state index >= 15 is 0 Å². The van der Waals surface area contributed by atoms with E-state index in [1.54, 1.807) is 12.1 Å². The third kappa shape index (κ3) is 2.68. The minimum Gasteiger partial charge on any atom is -0.465 e. The van der Waals surface area contributed by atoms with Crippen LogP contribution in [0.1, 0.15) is 36.0 Å². The molecule has 0 aliphatic heterocycles. The number of methoxy groups -OCH3 is 1. The highest BCUT2D eigenvalue weighted by Gasteiger charge is 2.42. The maximum atomic E-state index is 11.7. The Bertz CT molecular complexity index is 802. The molecule has 1 heterocycles. The number of aryl methyl sites for hydroxylation is 1. The Hall–Kier alpha value is -2.08. The van der Waals surface area contributed by atoms with Gasteiger partial charge in [0.1, 0.15) is 0 Å². The Morgan fingerprint density at radius 2 is 1.96 bits per heavy atom. The van der Waals surface area contributed by atoms with Gasteiger partial charge in [0.05, 0.1) is 29.8 Å². The highest BCUT2D eigenvalue weighted by molar-refractivity contribution is 5.94. The van der Waals surface area contributed by atoms with Gasteiger partial charge in [-0.3, -0.25) is 0 Å².